The number of hydrogen-bond donors (Lipinski definition) is 1. The normalized spacial score (nSPS) is 18.5. The molecule has 0 saturated heterocycles. The maximum Gasteiger partial charge on any atom is 0.203 e. The first kappa shape index (κ1) is 12.4. The number of rotatable bonds is 6. The second kappa shape index (κ2) is 6.05. The summed E-state index contributed by atoms with van der Waals surface area (Å²) in [5.74, 6) is 1.80. The molecule has 1 aliphatic carbocycles. The fourth-order valence-corrected chi connectivity index (χ4v) is 2.58. The Morgan fingerprint density at radius 1 is 1.53 bits per heavy atom. The second-order valence-electron chi connectivity index (χ2n) is 4.99. The summed E-state index contributed by atoms with van der Waals surface area (Å²) in [7, 11) is 1.74. The summed E-state index contributed by atoms with van der Waals surface area (Å²) in [6.45, 7) is 3.91. The van der Waals surface area contributed by atoms with Crippen LogP contribution in [0.2, 0.25) is 0 Å². The molecule has 0 radical (unpaired) electrons. The Morgan fingerprint density at radius 3 is 3.00 bits per heavy atom. The van der Waals surface area contributed by atoms with Gasteiger partial charge in [-0.2, -0.15) is 0 Å². The maximum atomic E-state index is 5.18. The lowest BCUT2D eigenvalue weighted by molar-refractivity contribution is 0.163. The summed E-state index contributed by atoms with van der Waals surface area (Å²) in [5, 5.41) is 3.47. The zero-order valence-electron chi connectivity index (χ0n) is 10.9. The van der Waals surface area contributed by atoms with Gasteiger partial charge in [0.2, 0.25) is 5.95 Å². The third kappa shape index (κ3) is 3.22. The average molecular weight is 237 g/mol. The van der Waals surface area contributed by atoms with E-state index in [9.17, 15) is 0 Å². The fourth-order valence-electron chi connectivity index (χ4n) is 2.58. The summed E-state index contributed by atoms with van der Waals surface area (Å²) in [6.07, 6.45) is 9.37. The number of nitrogens with one attached hydrogen (secondary N) is 1. The molecule has 17 heavy (non-hydrogen) atoms. The lowest BCUT2D eigenvalue weighted by atomic mass is 10.1. The molecule has 1 unspecified atom stereocenters. The summed E-state index contributed by atoms with van der Waals surface area (Å²) < 4.78 is 7.34. The van der Waals surface area contributed by atoms with Crippen LogP contribution in [0.4, 0.5) is 5.95 Å². The highest BCUT2D eigenvalue weighted by molar-refractivity contribution is 5.26. The molecule has 1 atom stereocenters. The van der Waals surface area contributed by atoms with Crippen molar-refractivity contribution >= 4 is 5.95 Å². The molecule has 1 fully saturated rings. The lowest BCUT2D eigenvalue weighted by Crippen LogP contribution is -2.18. The van der Waals surface area contributed by atoms with Gasteiger partial charge in [0.25, 0.3) is 0 Å². The van der Waals surface area contributed by atoms with E-state index in [1.165, 1.54) is 25.7 Å². The van der Waals surface area contributed by atoms with Crippen LogP contribution in [-0.4, -0.2) is 29.8 Å². The van der Waals surface area contributed by atoms with Crippen LogP contribution in [0.25, 0.3) is 0 Å². The van der Waals surface area contributed by atoms with Crippen LogP contribution in [0, 0.1) is 5.92 Å². The van der Waals surface area contributed by atoms with E-state index in [0.29, 0.717) is 12.6 Å². The smallest absolute Gasteiger partial charge is 0.203 e. The molecular formula is C13H23N3O. The van der Waals surface area contributed by atoms with Crippen molar-refractivity contribution in [2.24, 2.45) is 5.92 Å². The van der Waals surface area contributed by atoms with Crippen LogP contribution in [0.1, 0.15) is 38.6 Å². The van der Waals surface area contributed by atoms with Crippen molar-refractivity contribution in [2.45, 2.75) is 38.6 Å². The van der Waals surface area contributed by atoms with Gasteiger partial charge >= 0.3 is 0 Å². The van der Waals surface area contributed by atoms with Gasteiger partial charge < -0.3 is 14.6 Å². The predicted octanol–water partition coefficient (Wildman–Crippen LogP) is 2.69. The zero-order chi connectivity index (χ0) is 12.1. The Kier molecular flexibility index (Phi) is 4.42. The van der Waals surface area contributed by atoms with Crippen molar-refractivity contribution in [1.29, 1.82) is 0 Å². The highest BCUT2D eigenvalue weighted by Crippen LogP contribution is 2.25. The summed E-state index contributed by atoms with van der Waals surface area (Å²) in [6, 6.07) is 0.327. The van der Waals surface area contributed by atoms with Gasteiger partial charge in [0.05, 0.1) is 12.6 Å². The van der Waals surface area contributed by atoms with Crippen molar-refractivity contribution in [3.8, 4) is 0 Å². The van der Waals surface area contributed by atoms with E-state index in [4.69, 9.17) is 4.74 Å². The Hall–Kier alpha value is -1.03. The quantitative estimate of drug-likeness (QED) is 0.826. The molecule has 1 aromatic rings. The van der Waals surface area contributed by atoms with Gasteiger partial charge in [-0.05, 0) is 25.7 Å². The fraction of sp³-hybridized carbons (Fsp3) is 0.769. The van der Waals surface area contributed by atoms with Gasteiger partial charge in [-0.15, -0.1) is 0 Å². The largest absolute Gasteiger partial charge is 0.383 e. The van der Waals surface area contributed by atoms with Gasteiger partial charge in [-0.3, -0.25) is 0 Å². The molecular weight excluding hydrogens is 214 g/mol. The second-order valence-corrected chi connectivity index (χ2v) is 4.99. The van der Waals surface area contributed by atoms with E-state index < -0.39 is 0 Å². The van der Waals surface area contributed by atoms with E-state index in [1.807, 2.05) is 12.4 Å². The number of aromatic nitrogens is 2. The molecule has 0 aliphatic heterocycles. The van der Waals surface area contributed by atoms with Gasteiger partial charge in [0.1, 0.15) is 0 Å². The van der Waals surface area contributed by atoms with Gasteiger partial charge in [-0.1, -0.05) is 12.8 Å². The number of ether oxygens (including phenoxy) is 1. The molecule has 0 spiro atoms. The Labute approximate surface area is 103 Å². The molecule has 1 aromatic heterocycles. The van der Waals surface area contributed by atoms with E-state index in [0.717, 1.165) is 18.4 Å². The highest BCUT2D eigenvalue weighted by atomic mass is 16.5. The number of anilines is 1. The van der Waals surface area contributed by atoms with Crippen molar-refractivity contribution in [3.63, 3.8) is 0 Å². The molecule has 96 valence electrons. The molecule has 1 N–H and O–H groups in total. The average Bonchev–Trinajstić information content (AvgIpc) is 2.98. The Balaban J connectivity index is 1.89. The first-order valence-corrected chi connectivity index (χ1v) is 6.57. The molecule has 1 heterocycles. The van der Waals surface area contributed by atoms with Crippen molar-refractivity contribution in [3.05, 3.63) is 12.4 Å². The van der Waals surface area contributed by atoms with Gasteiger partial charge in [0, 0.05) is 26.0 Å². The van der Waals surface area contributed by atoms with Crippen molar-refractivity contribution in [1.82, 2.24) is 9.55 Å². The van der Waals surface area contributed by atoms with Crippen LogP contribution in [0.15, 0.2) is 12.4 Å². The minimum atomic E-state index is 0.327. The third-order valence-corrected chi connectivity index (χ3v) is 3.57. The molecule has 1 aliphatic rings. The molecule has 2 rings (SSSR count). The van der Waals surface area contributed by atoms with E-state index in [1.54, 1.807) is 7.11 Å². The molecule has 4 nitrogen and oxygen atoms in total. The van der Waals surface area contributed by atoms with Crippen LogP contribution < -0.4 is 5.32 Å². The monoisotopic (exact) mass is 237 g/mol. The number of hydrogen-bond acceptors (Lipinski definition) is 3. The number of nitrogens with zero attached hydrogens (tertiary/aromatic N) is 2. The first-order chi connectivity index (χ1) is 8.31. The van der Waals surface area contributed by atoms with Gasteiger partial charge in [-0.25, -0.2) is 4.98 Å². The lowest BCUT2D eigenvalue weighted by Gasteiger charge is -2.17. The predicted molar refractivity (Wildman–Crippen MR) is 69.3 cm³/mol. The van der Waals surface area contributed by atoms with Crippen LogP contribution in [0.5, 0.6) is 0 Å². The van der Waals surface area contributed by atoms with Crippen LogP contribution in [-0.2, 0) is 4.74 Å². The topological polar surface area (TPSA) is 39.1 Å². The minimum absolute atomic E-state index is 0.327. The SMILES string of the molecule is COCC(C)n1ccnc1NCC1CCCC1. The summed E-state index contributed by atoms with van der Waals surface area (Å²) in [4.78, 5) is 4.38. The Morgan fingerprint density at radius 2 is 2.29 bits per heavy atom. The molecule has 0 aromatic carbocycles. The molecule has 4 heteroatoms. The van der Waals surface area contributed by atoms with Crippen molar-refractivity contribution < 1.29 is 4.74 Å². The first-order valence-electron chi connectivity index (χ1n) is 6.57. The van der Waals surface area contributed by atoms with Crippen molar-refractivity contribution in [2.75, 3.05) is 25.6 Å². The van der Waals surface area contributed by atoms with E-state index in [2.05, 4.69) is 21.8 Å². The Bertz CT molecular complexity index is 331. The standard InChI is InChI=1S/C13H23N3O/c1-11(10-17-2)16-8-7-14-13(16)15-9-12-5-3-4-6-12/h7-8,11-12H,3-6,9-10H2,1-2H3,(H,14,15). The van der Waals surface area contributed by atoms with E-state index >= 15 is 0 Å². The van der Waals surface area contributed by atoms with Gasteiger partial charge in [0.15, 0.2) is 0 Å². The molecule has 0 amide bonds. The number of methoxy groups -OCH3 is 1. The minimum Gasteiger partial charge on any atom is -0.383 e. The highest BCUT2D eigenvalue weighted by Gasteiger charge is 2.16. The zero-order valence-corrected chi connectivity index (χ0v) is 10.9. The van der Waals surface area contributed by atoms with E-state index in [-0.39, 0.29) is 0 Å². The van der Waals surface area contributed by atoms with Crippen LogP contribution >= 0.6 is 0 Å². The summed E-state index contributed by atoms with van der Waals surface area (Å²) in [5.41, 5.74) is 0. The maximum absolute atomic E-state index is 5.18. The molecule has 0 bridgehead atoms. The molecule has 1 saturated carbocycles. The third-order valence-electron chi connectivity index (χ3n) is 3.57. The van der Waals surface area contributed by atoms with Crippen LogP contribution in [0.3, 0.4) is 0 Å². The summed E-state index contributed by atoms with van der Waals surface area (Å²) >= 11 is 0. The number of imidazole rings is 1.